The van der Waals surface area contributed by atoms with Crippen molar-refractivity contribution in [2.75, 3.05) is 46.4 Å². The van der Waals surface area contributed by atoms with Crippen LogP contribution in [0.2, 0.25) is 5.02 Å². The van der Waals surface area contributed by atoms with Gasteiger partial charge >= 0.3 is 12.1 Å². The maximum Gasteiger partial charge on any atom is 0.490 e. The Bertz CT molecular complexity index is 762. The zero-order chi connectivity index (χ0) is 22.5. The number of methoxy groups -OCH3 is 1. The predicted molar refractivity (Wildman–Crippen MR) is 103 cm³/mol. The van der Waals surface area contributed by atoms with Gasteiger partial charge in [-0.15, -0.1) is 0 Å². The van der Waals surface area contributed by atoms with E-state index in [4.69, 9.17) is 31.0 Å². The normalized spacial score (nSPS) is 21.9. The number of carbonyl (C=O) groups excluding carboxylic acids is 1. The van der Waals surface area contributed by atoms with Crippen LogP contribution in [-0.4, -0.2) is 85.5 Å². The first-order chi connectivity index (χ1) is 14.1. The molecule has 30 heavy (non-hydrogen) atoms. The summed E-state index contributed by atoms with van der Waals surface area (Å²) < 4.78 is 42.9. The Kier molecular flexibility index (Phi) is 8.34. The van der Waals surface area contributed by atoms with Crippen LogP contribution < -0.4 is 4.74 Å². The van der Waals surface area contributed by atoms with E-state index in [1.807, 2.05) is 4.90 Å². The molecule has 0 radical (unpaired) electrons. The van der Waals surface area contributed by atoms with Gasteiger partial charge in [0.1, 0.15) is 5.75 Å². The maximum absolute atomic E-state index is 12.8. The van der Waals surface area contributed by atoms with Crippen molar-refractivity contribution in [2.45, 2.75) is 19.2 Å². The van der Waals surface area contributed by atoms with Gasteiger partial charge in [-0.05, 0) is 24.7 Å². The minimum absolute atomic E-state index is 0.0476. The number of halogens is 4. The highest BCUT2D eigenvalue weighted by Gasteiger charge is 2.39. The van der Waals surface area contributed by atoms with Crippen LogP contribution in [0, 0.1) is 5.92 Å². The largest absolute Gasteiger partial charge is 0.497 e. The van der Waals surface area contributed by atoms with Crippen LogP contribution in [0.4, 0.5) is 13.2 Å². The number of aliphatic carboxylic acids is 1. The van der Waals surface area contributed by atoms with Crippen LogP contribution in [0.25, 0.3) is 0 Å². The van der Waals surface area contributed by atoms with Crippen molar-refractivity contribution in [3.63, 3.8) is 0 Å². The summed E-state index contributed by atoms with van der Waals surface area (Å²) in [6.07, 6.45) is -4.96. The lowest BCUT2D eigenvalue weighted by molar-refractivity contribution is -0.192. The van der Waals surface area contributed by atoms with E-state index in [1.165, 1.54) is 0 Å². The molecule has 1 amide bonds. The Morgan fingerprint density at radius 3 is 2.53 bits per heavy atom. The molecule has 1 aromatic rings. The van der Waals surface area contributed by atoms with Gasteiger partial charge in [-0.25, -0.2) is 4.79 Å². The number of carbonyl (C=O) groups is 2. The van der Waals surface area contributed by atoms with E-state index in [9.17, 15) is 18.0 Å². The van der Waals surface area contributed by atoms with Crippen LogP contribution in [0.3, 0.4) is 0 Å². The number of carboxylic acids is 1. The molecule has 2 atom stereocenters. The molecular weight excluding hydrogens is 429 g/mol. The molecule has 2 fully saturated rings. The van der Waals surface area contributed by atoms with Crippen LogP contribution in [0.5, 0.6) is 5.75 Å². The average molecular weight is 453 g/mol. The van der Waals surface area contributed by atoms with Gasteiger partial charge in [-0.1, -0.05) is 18.5 Å². The third-order valence-corrected chi connectivity index (χ3v) is 5.32. The van der Waals surface area contributed by atoms with Crippen molar-refractivity contribution in [1.82, 2.24) is 9.80 Å². The quantitative estimate of drug-likeness (QED) is 0.759. The zero-order valence-corrected chi connectivity index (χ0v) is 17.4. The van der Waals surface area contributed by atoms with E-state index in [-0.39, 0.29) is 12.0 Å². The van der Waals surface area contributed by atoms with E-state index < -0.39 is 12.1 Å². The van der Waals surface area contributed by atoms with Crippen molar-refractivity contribution in [3.05, 3.63) is 28.8 Å². The summed E-state index contributed by atoms with van der Waals surface area (Å²) in [6.45, 7) is 7.21. The molecule has 0 aliphatic carbocycles. The van der Waals surface area contributed by atoms with Gasteiger partial charge in [0, 0.05) is 32.1 Å². The zero-order valence-electron chi connectivity index (χ0n) is 16.6. The molecule has 2 saturated heterocycles. The number of carboxylic acid groups (broad SMARTS) is 1. The van der Waals surface area contributed by atoms with Crippen molar-refractivity contribution in [3.8, 4) is 5.75 Å². The van der Waals surface area contributed by atoms with Crippen LogP contribution in [0.1, 0.15) is 17.3 Å². The second kappa shape index (κ2) is 10.3. The molecule has 1 aromatic carbocycles. The fraction of sp³-hybridized carbons (Fsp3) is 0.579. The summed E-state index contributed by atoms with van der Waals surface area (Å²) in [5.74, 6) is -1.80. The van der Waals surface area contributed by atoms with Gasteiger partial charge in [0.05, 0.1) is 30.4 Å². The molecule has 0 aromatic heterocycles. The summed E-state index contributed by atoms with van der Waals surface area (Å²) in [5, 5.41) is 7.58. The van der Waals surface area contributed by atoms with Crippen molar-refractivity contribution >= 4 is 23.5 Å². The standard InChI is InChI=1S/C17H23ClN2O3.C2HF3O2/c1-3-19-6-7-23-16-11-20(10-12(16)9-19)17(21)14-8-13(22-2)4-5-15(14)18;3-2(4,5)1(6)7/h4-5,8,12,16H,3,6-7,9-11H2,1-2H3;(H,6,7)/t12-,16+;/m0./s1. The number of benzene rings is 1. The molecule has 168 valence electrons. The molecule has 7 nitrogen and oxygen atoms in total. The number of likely N-dealkylation sites (tertiary alicyclic amines) is 1. The van der Waals surface area contributed by atoms with Gasteiger partial charge in [0.25, 0.3) is 5.91 Å². The fourth-order valence-electron chi connectivity index (χ4n) is 3.38. The lowest BCUT2D eigenvalue weighted by atomic mass is 10.1. The van der Waals surface area contributed by atoms with E-state index in [2.05, 4.69) is 11.8 Å². The molecule has 2 heterocycles. The molecule has 0 saturated carbocycles. The predicted octanol–water partition coefficient (Wildman–Crippen LogP) is 2.77. The molecular formula is C19H24ClF3N2O5. The van der Waals surface area contributed by atoms with E-state index in [0.29, 0.717) is 35.3 Å². The van der Waals surface area contributed by atoms with Crippen molar-refractivity contribution in [2.24, 2.45) is 5.92 Å². The molecule has 2 aliphatic heterocycles. The highest BCUT2D eigenvalue weighted by atomic mass is 35.5. The first kappa shape index (κ1) is 24.2. The average Bonchev–Trinajstić information content (AvgIpc) is 2.99. The number of fused-ring (bicyclic) bond motifs is 1. The smallest absolute Gasteiger partial charge is 0.490 e. The summed E-state index contributed by atoms with van der Waals surface area (Å²) in [4.78, 5) is 26.0. The second-order valence-corrected chi connectivity index (χ2v) is 7.33. The van der Waals surface area contributed by atoms with Gasteiger partial charge in [-0.3, -0.25) is 4.79 Å². The maximum atomic E-state index is 12.8. The fourth-order valence-corrected chi connectivity index (χ4v) is 3.58. The van der Waals surface area contributed by atoms with E-state index in [1.54, 1.807) is 25.3 Å². The number of nitrogens with zero attached hydrogens (tertiary/aromatic N) is 2. The SMILES string of the molecule is CCN1CCO[C@@H]2CN(C(=O)c3cc(OC)ccc3Cl)C[C@@H]2C1.O=C(O)C(F)(F)F. The summed E-state index contributed by atoms with van der Waals surface area (Å²) in [5.41, 5.74) is 0.495. The molecule has 3 rings (SSSR count). The Morgan fingerprint density at radius 1 is 1.30 bits per heavy atom. The highest BCUT2D eigenvalue weighted by molar-refractivity contribution is 6.33. The molecule has 0 unspecified atom stereocenters. The number of amides is 1. The summed E-state index contributed by atoms with van der Waals surface area (Å²) in [7, 11) is 1.58. The Balaban J connectivity index is 0.000000396. The molecule has 1 N–H and O–H groups in total. The molecule has 2 aliphatic rings. The summed E-state index contributed by atoms with van der Waals surface area (Å²) >= 11 is 6.21. The monoisotopic (exact) mass is 452 g/mol. The third kappa shape index (κ3) is 6.23. The number of rotatable bonds is 3. The lowest BCUT2D eigenvalue weighted by Gasteiger charge is -2.22. The number of hydrogen-bond donors (Lipinski definition) is 1. The highest BCUT2D eigenvalue weighted by Crippen LogP contribution is 2.28. The Morgan fingerprint density at radius 2 is 1.97 bits per heavy atom. The lowest BCUT2D eigenvalue weighted by Crippen LogP contribution is -2.34. The van der Waals surface area contributed by atoms with E-state index in [0.717, 1.165) is 26.2 Å². The molecule has 0 spiro atoms. The van der Waals surface area contributed by atoms with Gasteiger partial charge in [0.2, 0.25) is 0 Å². The van der Waals surface area contributed by atoms with Crippen molar-refractivity contribution < 1.29 is 37.3 Å². The number of hydrogen-bond acceptors (Lipinski definition) is 5. The van der Waals surface area contributed by atoms with Crippen LogP contribution >= 0.6 is 11.6 Å². The van der Waals surface area contributed by atoms with Crippen LogP contribution in [-0.2, 0) is 9.53 Å². The summed E-state index contributed by atoms with van der Waals surface area (Å²) in [6, 6.07) is 5.17. The minimum Gasteiger partial charge on any atom is -0.497 e. The van der Waals surface area contributed by atoms with Gasteiger partial charge in [0.15, 0.2) is 0 Å². The third-order valence-electron chi connectivity index (χ3n) is 4.99. The van der Waals surface area contributed by atoms with Gasteiger partial charge < -0.3 is 24.4 Å². The minimum atomic E-state index is -5.08. The first-order valence-corrected chi connectivity index (χ1v) is 9.71. The molecule has 0 bridgehead atoms. The van der Waals surface area contributed by atoms with Crippen LogP contribution in [0.15, 0.2) is 18.2 Å². The first-order valence-electron chi connectivity index (χ1n) is 9.33. The Labute approximate surface area is 177 Å². The number of ether oxygens (including phenoxy) is 2. The molecule has 11 heteroatoms. The number of alkyl halides is 3. The second-order valence-electron chi connectivity index (χ2n) is 6.92. The van der Waals surface area contributed by atoms with E-state index >= 15 is 0 Å². The topological polar surface area (TPSA) is 79.3 Å². The van der Waals surface area contributed by atoms with Crippen molar-refractivity contribution in [1.29, 1.82) is 0 Å². The van der Waals surface area contributed by atoms with Gasteiger partial charge in [-0.2, -0.15) is 13.2 Å². The Hall–Kier alpha value is -2.04. The number of likely N-dealkylation sites (N-methyl/N-ethyl adjacent to an activating group) is 1.